The summed E-state index contributed by atoms with van der Waals surface area (Å²) in [6, 6.07) is 4.90. The van der Waals surface area contributed by atoms with Crippen LogP contribution in [-0.4, -0.2) is 20.7 Å². The van der Waals surface area contributed by atoms with Crippen LogP contribution >= 0.6 is 0 Å². The van der Waals surface area contributed by atoms with E-state index in [0.717, 1.165) is 0 Å². The van der Waals surface area contributed by atoms with Crippen molar-refractivity contribution in [3.8, 4) is 28.7 Å². The molecule has 3 aromatic rings. The highest BCUT2D eigenvalue weighted by atomic mass is 16.7. The Morgan fingerprint density at radius 1 is 0.913 bits per heavy atom. The van der Waals surface area contributed by atoms with Gasteiger partial charge in [0, 0.05) is 12.1 Å². The van der Waals surface area contributed by atoms with Crippen LogP contribution in [0.3, 0.4) is 0 Å². The first-order chi connectivity index (χ1) is 11.3. The number of methoxy groups -OCH3 is 1. The zero-order chi connectivity index (χ0) is 15.6. The van der Waals surface area contributed by atoms with Crippen molar-refractivity contribution in [2.24, 2.45) is 0 Å². The fourth-order valence-electron chi connectivity index (χ4n) is 2.92. The SMILES string of the molecule is COc1c2c(cc3oc4cc5c(cc4c(=O)c13)OCO5)OCO2. The van der Waals surface area contributed by atoms with Crippen LogP contribution in [0.15, 0.2) is 27.4 Å². The first kappa shape index (κ1) is 12.5. The Balaban J connectivity index is 1.95. The zero-order valence-electron chi connectivity index (χ0n) is 12.0. The van der Waals surface area contributed by atoms with E-state index in [2.05, 4.69) is 0 Å². The van der Waals surface area contributed by atoms with E-state index in [4.69, 9.17) is 28.1 Å². The van der Waals surface area contributed by atoms with Crippen molar-refractivity contribution in [3.63, 3.8) is 0 Å². The Kier molecular flexibility index (Phi) is 2.29. The molecule has 0 amide bonds. The van der Waals surface area contributed by atoms with Crippen molar-refractivity contribution in [1.29, 1.82) is 0 Å². The molecule has 2 aliphatic heterocycles. The molecule has 2 aromatic carbocycles. The predicted molar refractivity (Wildman–Crippen MR) is 78.8 cm³/mol. The quantitative estimate of drug-likeness (QED) is 0.638. The number of rotatable bonds is 1. The van der Waals surface area contributed by atoms with Gasteiger partial charge >= 0.3 is 0 Å². The summed E-state index contributed by atoms with van der Waals surface area (Å²) in [7, 11) is 1.47. The molecule has 5 rings (SSSR count). The fourth-order valence-corrected chi connectivity index (χ4v) is 2.92. The van der Waals surface area contributed by atoms with Gasteiger partial charge in [-0.25, -0.2) is 0 Å². The molecular formula is C16H10O7. The molecule has 116 valence electrons. The minimum absolute atomic E-state index is 0.0751. The van der Waals surface area contributed by atoms with Crippen LogP contribution in [0.2, 0.25) is 0 Å². The van der Waals surface area contributed by atoms with E-state index in [1.165, 1.54) is 7.11 Å². The largest absolute Gasteiger partial charge is 0.492 e. The molecule has 23 heavy (non-hydrogen) atoms. The average molecular weight is 314 g/mol. The van der Waals surface area contributed by atoms with Crippen LogP contribution in [0, 0.1) is 0 Å². The van der Waals surface area contributed by atoms with Gasteiger partial charge in [-0.05, 0) is 6.07 Å². The van der Waals surface area contributed by atoms with Crippen LogP contribution in [0.4, 0.5) is 0 Å². The lowest BCUT2D eigenvalue weighted by atomic mass is 10.1. The van der Waals surface area contributed by atoms with Gasteiger partial charge in [0.05, 0.1) is 12.5 Å². The van der Waals surface area contributed by atoms with E-state index in [1.54, 1.807) is 18.2 Å². The number of ether oxygens (including phenoxy) is 5. The third-order valence-electron chi connectivity index (χ3n) is 3.95. The van der Waals surface area contributed by atoms with E-state index in [9.17, 15) is 4.79 Å². The Hall–Kier alpha value is -3.09. The van der Waals surface area contributed by atoms with Crippen molar-refractivity contribution >= 4 is 21.9 Å². The maximum absolute atomic E-state index is 12.9. The summed E-state index contributed by atoms with van der Waals surface area (Å²) < 4.78 is 32.7. The number of hydrogen-bond acceptors (Lipinski definition) is 7. The Morgan fingerprint density at radius 2 is 1.61 bits per heavy atom. The molecule has 0 bridgehead atoms. The van der Waals surface area contributed by atoms with Crippen LogP contribution in [0.5, 0.6) is 28.7 Å². The highest BCUT2D eigenvalue weighted by molar-refractivity contribution is 5.97. The molecule has 0 spiro atoms. The van der Waals surface area contributed by atoms with Crippen molar-refractivity contribution in [2.75, 3.05) is 20.7 Å². The number of hydrogen-bond donors (Lipinski definition) is 0. The minimum atomic E-state index is -0.227. The average Bonchev–Trinajstić information content (AvgIpc) is 3.19. The van der Waals surface area contributed by atoms with Gasteiger partial charge in [-0.2, -0.15) is 0 Å². The van der Waals surface area contributed by atoms with E-state index >= 15 is 0 Å². The predicted octanol–water partition coefficient (Wildman–Crippen LogP) is 2.41. The third-order valence-corrected chi connectivity index (χ3v) is 3.95. The monoisotopic (exact) mass is 314 g/mol. The first-order valence-corrected chi connectivity index (χ1v) is 6.93. The van der Waals surface area contributed by atoms with Gasteiger partial charge in [0.1, 0.15) is 16.6 Å². The minimum Gasteiger partial charge on any atom is -0.492 e. The Labute approximate surface area is 128 Å². The summed E-state index contributed by atoms with van der Waals surface area (Å²) in [5.41, 5.74) is 0.546. The molecule has 0 saturated carbocycles. The molecule has 0 N–H and O–H groups in total. The second-order valence-electron chi connectivity index (χ2n) is 5.15. The molecule has 0 radical (unpaired) electrons. The van der Waals surface area contributed by atoms with E-state index in [-0.39, 0.29) is 19.0 Å². The number of fused-ring (bicyclic) bond motifs is 4. The molecule has 0 fully saturated rings. The maximum Gasteiger partial charge on any atom is 0.231 e. The standard InChI is InChI=1S/C16H10O7/c1-18-16-13-11(4-12-15(16)22-6-21-12)23-8-3-10-9(19-5-20-10)2-7(8)14(13)17/h2-4H,5-6H2,1H3. The van der Waals surface area contributed by atoms with E-state index < -0.39 is 0 Å². The normalized spacial score (nSPS) is 14.7. The molecule has 0 unspecified atom stereocenters. The van der Waals surface area contributed by atoms with Gasteiger partial charge in [0.25, 0.3) is 0 Å². The topological polar surface area (TPSA) is 76.4 Å². The summed E-state index contributed by atoms with van der Waals surface area (Å²) in [5, 5.41) is 0.696. The van der Waals surface area contributed by atoms with Crippen LogP contribution in [0.1, 0.15) is 0 Å². The highest BCUT2D eigenvalue weighted by Crippen LogP contribution is 2.46. The first-order valence-electron chi connectivity index (χ1n) is 6.93. The third kappa shape index (κ3) is 1.56. The summed E-state index contributed by atoms with van der Waals surface area (Å²) in [6.45, 7) is 0.199. The molecule has 2 aliphatic rings. The molecular weight excluding hydrogens is 304 g/mol. The summed E-state index contributed by atoms with van der Waals surface area (Å²) in [6.07, 6.45) is 0. The van der Waals surface area contributed by atoms with E-state index in [1.807, 2.05) is 0 Å². The number of benzene rings is 2. The maximum atomic E-state index is 12.9. The van der Waals surface area contributed by atoms with Gasteiger partial charge < -0.3 is 28.1 Å². The summed E-state index contributed by atoms with van der Waals surface area (Å²) in [4.78, 5) is 12.9. The fraction of sp³-hybridized carbons (Fsp3) is 0.188. The van der Waals surface area contributed by atoms with Gasteiger partial charge in [0.15, 0.2) is 23.0 Å². The van der Waals surface area contributed by atoms with Crippen molar-refractivity contribution < 1.29 is 28.1 Å². The molecule has 0 atom stereocenters. The van der Waals surface area contributed by atoms with Crippen LogP contribution < -0.4 is 29.1 Å². The molecule has 1 aromatic heterocycles. The van der Waals surface area contributed by atoms with Gasteiger partial charge in [-0.3, -0.25) is 4.79 Å². The smallest absolute Gasteiger partial charge is 0.231 e. The molecule has 3 heterocycles. The zero-order valence-corrected chi connectivity index (χ0v) is 12.0. The highest BCUT2D eigenvalue weighted by Gasteiger charge is 2.26. The van der Waals surface area contributed by atoms with Crippen molar-refractivity contribution in [2.45, 2.75) is 0 Å². The van der Waals surface area contributed by atoms with Crippen molar-refractivity contribution in [3.05, 3.63) is 28.4 Å². The molecule has 7 heteroatoms. The van der Waals surface area contributed by atoms with Gasteiger partial charge in [0.2, 0.25) is 24.8 Å². The van der Waals surface area contributed by atoms with Crippen LogP contribution in [0.25, 0.3) is 21.9 Å². The second kappa shape index (κ2) is 4.22. The lowest BCUT2D eigenvalue weighted by molar-refractivity contribution is 0.171. The van der Waals surface area contributed by atoms with E-state index in [0.29, 0.717) is 50.7 Å². The Bertz CT molecular complexity index is 1030. The van der Waals surface area contributed by atoms with Crippen LogP contribution in [-0.2, 0) is 0 Å². The van der Waals surface area contributed by atoms with Crippen molar-refractivity contribution in [1.82, 2.24) is 0 Å². The van der Waals surface area contributed by atoms with Gasteiger partial charge in [-0.15, -0.1) is 0 Å². The van der Waals surface area contributed by atoms with Gasteiger partial charge in [-0.1, -0.05) is 0 Å². The summed E-state index contributed by atoms with van der Waals surface area (Å²) >= 11 is 0. The molecule has 7 nitrogen and oxygen atoms in total. The Morgan fingerprint density at radius 3 is 2.43 bits per heavy atom. The second-order valence-corrected chi connectivity index (χ2v) is 5.15. The summed E-state index contributed by atoms with van der Waals surface area (Å²) in [5.74, 6) is 2.27. The lowest BCUT2D eigenvalue weighted by Crippen LogP contribution is -2.04. The molecule has 0 saturated heterocycles. The lowest BCUT2D eigenvalue weighted by Gasteiger charge is -2.09. The molecule has 0 aliphatic carbocycles.